The summed E-state index contributed by atoms with van der Waals surface area (Å²) in [6.45, 7) is 4.10. The molecule has 2 N–H and O–H groups in total. The number of amides is 1. The van der Waals surface area contributed by atoms with Crippen molar-refractivity contribution in [2.75, 3.05) is 32.8 Å². The molecule has 3 heterocycles. The predicted octanol–water partition coefficient (Wildman–Crippen LogP) is 6.22. The lowest BCUT2D eigenvalue weighted by molar-refractivity contribution is -0.255. The second kappa shape index (κ2) is 14.3. The number of piperidine rings is 1. The molecule has 0 saturated carbocycles. The average Bonchev–Trinajstić information content (AvgIpc) is 3.52. The third kappa shape index (κ3) is 8.19. The maximum Gasteiger partial charge on any atom is 0.272 e. The van der Waals surface area contributed by atoms with Gasteiger partial charge in [-0.25, -0.2) is 0 Å². The molecule has 3 fully saturated rings. The van der Waals surface area contributed by atoms with E-state index in [1.807, 2.05) is 66.7 Å². The van der Waals surface area contributed by atoms with Gasteiger partial charge < -0.3 is 34.3 Å². The second-order valence-corrected chi connectivity index (χ2v) is 14.0. The van der Waals surface area contributed by atoms with Crippen LogP contribution in [0.3, 0.4) is 0 Å². The van der Waals surface area contributed by atoms with E-state index >= 15 is 0 Å². The van der Waals surface area contributed by atoms with E-state index in [2.05, 4.69) is 16.3 Å². The van der Waals surface area contributed by atoms with Gasteiger partial charge in [0.2, 0.25) is 0 Å². The van der Waals surface area contributed by atoms with E-state index < -0.39 is 21.8 Å². The number of aliphatic hydroxyl groups excluding tert-OH is 1. The van der Waals surface area contributed by atoms with Gasteiger partial charge in [-0.2, -0.15) is 0 Å². The van der Waals surface area contributed by atoms with Crippen LogP contribution in [-0.4, -0.2) is 64.4 Å². The van der Waals surface area contributed by atoms with Gasteiger partial charge in [-0.3, -0.25) is 4.79 Å². The van der Waals surface area contributed by atoms with Gasteiger partial charge in [-0.1, -0.05) is 95.5 Å². The minimum absolute atomic E-state index is 0.00267. The Labute approximate surface area is 278 Å². The number of hydrogen-bond donors (Lipinski definition) is 2. The lowest BCUT2D eigenvalue weighted by Gasteiger charge is -2.41. The number of alkyl halides is 3. The third-order valence-electron chi connectivity index (χ3n) is 8.64. The van der Waals surface area contributed by atoms with Gasteiger partial charge in [-0.15, -0.1) is 0 Å². The molecule has 3 saturated heterocycles. The van der Waals surface area contributed by atoms with Crippen molar-refractivity contribution in [1.29, 1.82) is 0 Å². The van der Waals surface area contributed by atoms with Crippen LogP contribution in [0.5, 0.6) is 0 Å². The summed E-state index contributed by atoms with van der Waals surface area (Å²) in [4.78, 5) is 14.5. The molecule has 0 aliphatic carbocycles. The van der Waals surface area contributed by atoms with Crippen LogP contribution in [0.4, 0.5) is 0 Å². The molecule has 3 aliphatic heterocycles. The van der Waals surface area contributed by atoms with Crippen molar-refractivity contribution in [3.05, 3.63) is 95.1 Å². The second-order valence-electron chi connectivity index (χ2n) is 11.8. The first-order valence-electron chi connectivity index (χ1n) is 15.2. The number of ether oxygens (including phenoxy) is 4. The molecule has 3 aliphatic rings. The molecule has 11 heteroatoms. The van der Waals surface area contributed by atoms with Crippen LogP contribution < -0.4 is 5.32 Å². The van der Waals surface area contributed by atoms with E-state index in [0.29, 0.717) is 19.6 Å². The van der Waals surface area contributed by atoms with Crippen molar-refractivity contribution in [3.8, 4) is 11.1 Å². The van der Waals surface area contributed by atoms with Crippen LogP contribution in [0.15, 0.2) is 72.8 Å². The highest BCUT2D eigenvalue weighted by Crippen LogP contribution is 2.40. The highest BCUT2D eigenvalue weighted by molar-refractivity contribution is 6.76. The molecule has 45 heavy (non-hydrogen) atoms. The first-order valence-corrected chi connectivity index (χ1v) is 16.4. The zero-order valence-corrected chi connectivity index (χ0v) is 27.1. The fourth-order valence-electron chi connectivity index (χ4n) is 6.19. The molecule has 1 spiro atoms. The molecule has 3 aromatic rings. The maximum atomic E-state index is 12.0. The van der Waals surface area contributed by atoms with E-state index in [4.69, 9.17) is 53.8 Å². The number of hydrogen-bond acceptors (Lipinski definition) is 7. The Balaban J connectivity index is 1.19. The summed E-state index contributed by atoms with van der Waals surface area (Å²) in [5.41, 5.74) is 5.65. The third-order valence-corrected chi connectivity index (χ3v) is 9.15. The number of nitrogens with one attached hydrogen (secondary N) is 1. The molecule has 3 atom stereocenters. The van der Waals surface area contributed by atoms with Gasteiger partial charge in [0.1, 0.15) is 0 Å². The van der Waals surface area contributed by atoms with Crippen molar-refractivity contribution in [2.45, 2.75) is 60.5 Å². The highest BCUT2D eigenvalue weighted by atomic mass is 35.6. The zero-order chi connectivity index (χ0) is 31.4. The van der Waals surface area contributed by atoms with E-state index in [1.165, 1.54) is 0 Å². The van der Waals surface area contributed by atoms with Crippen LogP contribution in [0.25, 0.3) is 11.1 Å². The Hall–Kier alpha value is -2.24. The topological polar surface area (TPSA) is 89.5 Å². The molecule has 0 radical (unpaired) electrons. The lowest BCUT2D eigenvalue weighted by Crippen LogP contribution is -2.48. The molecule has 0 bridgehead atoms. The van der Waals surface area contributed by atoms with Crippen molar-refractivity contribution in [2.24, 2.45) is 0 Å². The fraction of sp³-hybridized carbons (Fsp3) is 0.441. The van der Waals surface area contributed by atoms with Crippen LogP contribution >= 0.6 is 34.8 Å². The van der Waals surface area contributed by atoms with E-state index in [0.717, 1.165) is 65.9 Å². The number of carbonyl (C=O) groups excluding carboxylic acids is 1. The molecule has 0 aromatic heterocycles. The predicted molar refractivity (Wildman–Crippen MR) is 173 cm³/mol. The molecular formula is C34H37Cl3N2O6. The quantitative estimate of drug-likeness (QED) is 0.274. The summed E-state index contributed by atoms with van der Waals surface area (Å²) in [7, 11) is 0. The Morgan fingerprint density at radius 2 is 1.58 bits per heavy atom. The minimum atomic E-state index is -2.02. The highest BCUT2D eigenvalue weighted by Gasteiger charge is 2.41. The molecule has 0 unspecified atom stereocenters. The van der Waals surface area contributed by atoms with Gasteiger partial charge in [0.05, 0.1) is 32.0 Å². The van der Waals surface area contributed by atoms with Crippen molar-refractivity contribution in [1.82, 2.24) is 10.2 Å². The zero-order valence-electron chi connectivity index (χ0n) is 24.8. The first-order chi connectivity index (χ1) is 21.7. The Bertz CT molecular complexity index is 1450. The summed E-state index contributed by atoms with van der Waals surface area (Å²) in [6, 6.07) is 23.9. The van der Waals surface area contributed by atoms with Crippen molar-refractivity contribution < 1.29 is 28.8 Å². The monoisotopic (exact) mass is 674 g/mol. The summed E-state index contributed by atoms with van der Waals surface area (Å²) >= 11 is 17.1. The van der Waals surface area contributed by atoms with Gasteiger partial charge >= 0.3 is 0 Å². The molecule has 8 nitrogen and oxygen atoms in total. The van der Waals surface area contributed by atoms with Crippen LogP contribution in [-0.2, 0) is 36.9 Å². The number of rotatable bonds is 8. The van der Waals surface area contributed by atoms with Crippen LogP contribution in [0.1, 0.15) is 53.9 Å². The lowest BCUT2D eigenvalue weighted by atomic mass is 9.97. The van der Waals surface area contributed by atoms with Crippen molar-refractivity contribution >= 4 is 40.7 Å². The van der Waals surface area contributed by atoms with E-state index in [1.54, 1.807) is 0 Å². The van der Waals surface area contributed by atoms with Gasteiger partial charge in [0.25, 0.3) is 9.70 Å². The first kappa shape index (κ1) is 32.7. The summed E-state index contributed by atoms with van der Waals surface area (Å²) < 4.78 is 23.1. The van der Waals surface area contributed by atoms with Gasteiger partial charge in [0.15, 0.2) is 12.1 Å². The van der Waals surface area contributed by atoms with E-state index in [-0.39, 0.29) is 25.4 Å². The number of halogens is 3. The standard InChI is InChI=1S/C34H37Cl3N2O6/c35-34(36,37)32(41)38-20-24-3-1-4-26(17-24)27-5-2-6-28(18-27)31-44-29(19-30(45-31)25-9-7-23(22-40)8-10-25)21-39-13-11-33(12-14-39)42-15-16-43-33/h1-10,17-18,29-31,40H,11-16,19-22H2,(H,38,41)/t29-,30+,31+/m1/s1. The van der Waals surface area contributed by atoms with Crippen molar-refractivity contribution in [3.63, 3.8) is 0 Å². The number of carbonyl (C=O) groups is 1. The van der Waals surface area contributed by atoms with E-state index in [9.17, 15) is 9.90 Å². The summed E-state index contributed by atoms with van der Waals surface area (Å²) in [5.74, 6) is -1.09. The van der Waals surface area contributed by atoms with Crippen LogP contribution in [0, 0.1) is 0 Å². The average molecular weight is 676 g/mol. The Morgan fingerprint density at radius 1 is 0.889 bits per heavy atom. The SMILES string of the molecule is O=C(NCc1cccc(-c2cccc([C@H]3O[C@@H](CN4CCC5(CC4)OCCO5)C[C@@H](c4ccc(CO)cc4)O3)c2)c1)C(Cl)(Cl)Cl. The van der Waals surface area contributed by atoms with Gasteiger partial charge in [-0.05, 0) is 39.9 Å². The largest absolute Gasteiger partial charge is 0.392 e. The fourth-order valence-corrected chi connectivity index (χ4v) is 6.39. The minimum Gasteiger partial charge on any atom is -0.392 e. The molecule has 6 rings (SSSR count). The summed E-state index contributed by atoms with van der Waals surface area (Å²) in [5, 5.41) is 12.2. The smallest absolute Gasteiger partial charge is 0.272 e. The maximum absolute atomic E-state index is 12.0. The van der Waals surface area contributed by atoms with Crippen LogP contribution in [0.2, 0.25) is 0 Å². The molecular weight excluding hydrogens is 639 g/mol. The molecule has 3 aromatic carbocycles. The number of benzene rings is 3. The number of nitrogens with zero attached hydrogens (tertiary/aromatic N) is 1. The normalized spacial score (nSPS) is 23.7. The number of likely N-dealkylation sites (tertiary alicyclic amines) is 1. The van der Waals surface area contributed by atoms with Gasteiger partial charge in [0, 0.05) is 51.0 Å². The summed E-state index contributed by atoms with van der Waals surface area (Å²) in [6.07, 6.45) is 1.61. The Kier molecular flexibility index (Phi) is 10.4. The molecule has 1 amide bonds. The Morgan fingerprint density at radius 3 is 2.27 bits per heavy atom. The number of aliphatic hydroxyl groups is 1. The molecule has 240 valence electrons.